The van der Waals surface area contributed by atoms with Crippen molar-refractivity contribution in [2.24, 2.45) is 5.92 Å². The second-order valence-corrected chi connectivity index (χ2v) is 7.85. The summed E-state index contributed by atoms with van der Waals surface area (Å²) in [4.78, 5) is 21.0. The van der Waals surface area contributed by atoms with Gasteiger partial charge in [-0.2, -0.15) is 5.10 Å². The first-order valence-electron chi connectivity index (χ1n) is 10.4. The Hall–Kier alpha value is -3.22. The lowest BCUT2D eigenvalue weighted by atomic mass is 9.92. The number of urea groups is 1. The topological polar surface area (TPSA) is 84.7 Å². The van der Waals surface area contributed by atoms with Gasteiger partial charge in [-0.15, -0.1) is 0 Å². The van der Waals surface area contributed by atoms with Crippen molar-refractivity contribution in [3.63, 3.8) is 0 Å². The van der Waals surface area contributed by atoms with Gasteiger partial charge in [0, 0.05) is 18.3 Å². The van der Waals surface area contributed by atoms with Crippen LogP contribution in [-0.2, 0) is 6.54 Å². The fraction of sp³-hybridized carbons (Fsp3) is 0.391. The molecule has 0 aliphatic rings. The van der Waals surface area contributed by atoms with Gasteiger partial charge in [0.25, 0.3) is 0 Å². The Morgan fingerprint density at radius 2 is 1.83 bits per heavy atom. The van der Waals surface area contributed by atoms with Crippen molar-refractivity contribution >= 4 is 6.03 Å². The molecule has 2 N–H and O–H groups in total. The summed E-state index contributed by atoms with van der Waals surface area (Å²) in [6.45, 7) is 8.98. The lowest BCUT2D eigenvalue weighted by Crippen LogP contribution is -2.39. The second kappa shape index (κ2) is 10.0. The molecule has 1 aromatic carbocycles. The van der Waals surface area contributed by atoms with Gasteiger partial charge in [0.15, 0.2) is 5.82 Å². The lowest BCUT2D eigenvalue weighted by Gasteiger charge is -2.24. The average Bonchev–Trinajstić information content (AvgIpc) is 3.30. The number of nitrogens with one attached hydrogen (secondary N) is 2. The molecule has 0 fully saturated rings. The van der Waals surface area contributed by atoms with Crippen molar-refractivity contribution in [2.45, 2.75) is 52.6 Å². The fourth-order valence-electron chi connectivity index (χ4n) is 3.36. The second-order valence-electron chi connectivity index (χ2n) is 7.85. The van der Waals surface area contributed by atoms with E-state index in [2.05, 4.69) is 77.7 Å². The highest BCUT2D eigenvalue weighted by Crippen LogP contribution is 2.25. The van der Waals surface area contributed by atoms with Crippen LogP contribution in [0, 0.1) is 5.92 Å². The SMILES string of the molecule is CCC(C)c1ccc(C(NC(=O)NCc2cccnc2-n2cncn2)C(C)C)cc1. The van der Waals surface area contributed by atoms with Gasteiger partial charge in [-0.25, -0.2) is 19.4 Å². The zero-order valence-electron chi connectivity index (χ0n) is 18.0. The van der Waals surface area contributed by atoms with E-state index in [1.807, 2.05) is 12.1 Å². The maximum Gasteiger partial charge on any atom is 0.315 e. The van der Waals surface area contributed by atoms with Crippen LogP contribution in [0.15, 0.2) is 55.2 Å². The van der Waals surface area contributed by atoms with E-state index in [9.17, 15) is 4.79 Å². The number of amides is 2. The van der Waals surface area contributed by atoms with Gasteiger partial charge in [0.05, 0.1) is 6.04 Å². The number of pyridine rings is 1. The molecule has 30 heavy (non-hydrogen) atoms. The normalized spacial score (nSPS) is 13.1. The number of hydrogen-bond acceptors (Lipinski definition) is 4. The molecule has 0 bridgehead atoms. The van der Waals surface area contributed by atoms with Crippen molar-refractivity contribution < 1.29 is 4.79 Å². The van der Waals surface area contributed by atoms with Gasteiger partial charge < -0.3 is 10.6 Å². The van der Waals surface area contributed by atoms with E-state index in [4.69, 9.17) is 0 Å². The molecule has 7 heteroatoms. The number of rotatable bonds is 8. The molecular weight excluding hydrogens is 376 g/mol. The monoisotopic (exact) mass is 406 g/mol. The van der Waals surface area contributed by atoms with Crippen molar-refractivity contribution in [1.29, 1.82) is 0 Å². The smallest absolute Gasteiger partial charge is 0.315 e. The number of carbonyl (C=O) groups is 1. The van der Waals surface area contributed by atoms with Gasteiger partial charge in [-0.3, -0.25) is 0 Å². The molecule has 0 saturated heterocycles. The van der Waals surface area contributed by atoms with Crippen molar-refractivity contribution in [1.82, 2.24) is 30.4 Å². The quantitative estimate of drug-likeness (QED) is 0.582. The Bertz CT molecular complexity index is 937. The van der Waals surface area contributed by atoms with Crippen LogP contribution < -0.4 is 10.6 Å². The van der Waals surface area contributed by atoms with E-state index in [0.29, 0.717) is 18.3 Å². The molecular formula is C23H30N6O. The van der Waals surface area contributed by atoms with Gasteiger partial charge in [0.2, 0.25) is 0 Å². The zero-order chi connectivity index (χ0) is 21.5. The van der Waals surface area contributed by atoms with Crippen molar-refractivity contribution in [3.05, 3.63) is 71.9 Å². The minimum absolute atomic E-state index is 0.0698. The van der Waals surface area contributed by atoms with Crippen LogP contribution in [0.25, 0.3) is 5.82 Å². The molecule has 0 radical (unpaired) electrons. The van der Waals surface area contributed by atoms with E-state index >= 15 is 0 Å². The third-order valence-electron chi connectivity index (χ3n) is 5.37. The minimum Gasteiger partial charge on any atom is -0.334 e. The van der Waals surface area contributed by atoms with E-state index in [1.54, 1.807) is 17.2 Å². The van der Waals surface area contributed by atoms with Crippen LogP contribution in [0.5, 0.6) is 0 Å². The minimum atomic E-state index is -0.215. The standard InChI is InChI=1S/C23H30N6O/c1-5-17(4)18-8-10-19(11-9-18)21(16(2)3)28-23(30)26-13-20-7-6-12-25-22(20)29-15-24-14-27-29/h6-12,14-17,21H,5,13H2,1-4H3,(H2,26,28,30). The maximum atomic E-state index is 12.6. The summed E-state index contributed by atoms with van der Waals surface area (Å²) in [5.41, 5.74) is 3.29. The third-order valence-corrected chi connectivity index (χ3v) is 5.37. The van der Waals surface area contributed by atoms with Crippen LogP contribution >= 0.6 is 0 Å². The van der Waals surface area contributed by atoms with Crippen LogP contribution in [0.1, 0.15) is 62.8 Å². The van der Waals surface area contributed by atoms with Crippen molar-refractivity contribution in [2.75, 3.05) is 0 Å². The molecule has 0 saturated carbocycles. The Morgan fingerprint density at radius 3 is 2.47 bits per heavy atom. The van der Waals surface area contributed by atoms with Crippen molar-refractivity contribution in [3.8, 4) is 5.82 Å². The molecule has 0 aliphatic heterocycles. The zero-order valence-corrected chi connectivity index (χ0v) is 18.0. The Kier molecular flexibility index (Phi) is 7.17. The number of carbonyl (C=O) groups excluding carboxylic acids is 1. The summed E-state index contributed by atoms with van der Waals surface area (Å²) in [5, 5.41) is 10.2. The maximum absolute atomic E-state index is 12.6. The molecule has 2 atom stereocenters. The van der Waals surface area contributed by atoms with Gasteiger partial charge >= 0.3 is 6.03 Å². The number of hydrogen-bond donors (Lipinski definition) is 2. The van der Waals surface area contributed by atoms with Gasteiger partial charge in [0.1, 0.15) is 12.7 Å². The molecule has 2 heterocycles. The van der Waals surface area contributed by atoms with Crippen LogP contribution in [-0.4, -0.2) is 25.8 Å². The summed E-state index contributed by atoms with van der Waals surface area (Å²) >= 11 is 0. The number of aromatic nitrogens is 4. The molecule has 7 nitrogen and oxygen atoms in total. The average molecular weight is 407 g/mol. The number of benzene rings is 1. The summed E-state index contributed by atoms with van der Waals surface area (Å²) in [6, 6.07) is 12.0. The highest BCUT2D eigenvalue weighted by atomic mass is 16.2. The third kappa shape index (κ3) is 5.23. The van der Waals surface area contributed by atoms with E-state index < -0.39 is 0 Å². The first-order chi connectivity index (χ1) is 14.5. The molecule has 2 unspecified atom stereocenters. The Balaban J connectivity index is 1.66. The van der Waals surface area contributed by atoms with Crippen LogP contribution in [0.3, 0.4) is 0 Å². The molecule has 2 aromatic heterocycles. The lowest BCUT2D eigenvalue weighted by molar-refractivity contribution is 0.232. The molecule has 0 aliphatic carbocycles. The summed E-state index contributed by atoms with van der Waals surface area (Å²) in [6.07, 6.45) is 5.85. The Morgan fingerprint density at radius 1 is 1.10 bits per heavy atom. The molecule has 0 spiro atoms. The molecule has 158 valence electrons. The highest BCUT2D eigenvalue weighted by molar-refractivity contribution is 5.74. The van der Waals surface area contributed by atoms with Gasteiger partial charge in [-0.05, 0) is 35.4 Å². The number of nitrogens with zero attached hydrogens (tertiary/aromatic N) is 4. The van der Waals surface area contributed by atoms with E-state index in [-0.39, 0.29) is 18.0 Å². The van der Waals surface area contributed by atoms with Crippen LogP contribution in [0.4, 0.5) is 4.79 Å². The van der Waals surface area contributed by atoms with E-state index in [0.717, 1.165) is 17.5 Å². The molecule has 2 amide bonds. The molecule has 3 rings (SSSR count). The predicted octanol–water partition coefficient (Wildman–Crippen LogP) is 4.37. The first-order valence-corrected chi connectivity index (χ1v) is 10.4. The first kappa shape index (κ1) is 21.5. The highest BCUT2D eigenvalue weighted by Gasteiger charge is 2.19. The Labute approximate surface area is 178 Å². The summed E-state index contributed by atoms with van der Waals surface area (Å²) in [7, 11) is 0. The largest absolute Gasteiger partial charge is 0.334 e. The summed E-state index contributed by atoms with van der Waals surface area (Å²) in [5.74, 6) is 1.44. The van der Waals surface area contributed by atoms with Crippen LogP contribution in [0.2, 0.25) is 0 Å². The fourth-order valence-corrected chi connectivity index (χ4v) is 3.36. The van der Waals surface area contributed by atoms with Gasteiger partial charge in [-0.1, -0.05) is 58.0 Å². The summed E-state index contributed by atoms with van der Waals surface area (Å²) < 4.78 is 1.59. The van der Waals surface area contributed by atoms with E-state index in [1.165, 1.54) is 11.9 Å². The molecule has 3 aromatic rings. The predicted molar refractivity (Wildman–Crippen MR) is 117 cm³/mol.